The third-order valence-electron chi connectivity index (χ3n) is 20.7. The molecule has 2 aliphatic rings. The van der Waals surface area contributed by atoms with Crippen LogP contribution in [0.4, 0.5) is 0 Å². The van der Waals surface area contributed by atoms with Crippen molar-refractivity contribution in [2.45, 2.75) is 479 Å². The molecule has 564 valence electrons. The molecule has 9 N–H and O–H groups in total. The Labute approximate surface area is 584 Å². The van der Waals surface area contributed by atoms with E-state index in [1.807, 2.05) is 0 Å². The quantitative estimate of drug-likeness (QED) is 0.0204. The SMILES string of the molecule is CCCCCCCCCC/C=C\CCCCCCCCCCCCCCCCCCCCCC(=O)NC(COC1OC(CO)C(OC2OC(CO)C(O)C(O)C2O)C(O)C1O)C(O)CCCCCCCCCCCCCCCCCCCCCCCCCCCCCCCC. The zero-order valence-electron chi connectivity index (χ0n) is 62.0. The summed E-state index contributed by atoms with van der Waals surface area (Å²) in [5.74, 6) is -0.196. The summed E-state index contributed by atoms with van der Waals surface area (Å²) >= 11 is 0. The highest BCUT2D eigenvalue weighted by Gasteiger charge is 2.51. The van der Waals surface area contributed by atoms with E-state index in [0.29, 0.717) is 12.8 Å². The monoisotopic (exact) mass is 1350 g/mol. The second-order valence-corrected chi connectivity index (χ2v) is 29.6. The maximum Gasteiger partial charge on any atom is 0.220 e. The van der Waals surface area contributed by atoms with Crippen LogP contribution in [0.5, 0.6) is 0 Å². The van der Waals surface area contributed by atoms with Gasteiger partial charge in [0.05, 0.1) is 32.0 Å². The molecule has 2 fully saturated rings. The van der Waals surface area contributed by atoms with E-state index in [9.17, 15) is 45.6 Å². The van der Waals surface area contributed by atoms with Gasteiger partial charge in [0.1, 0.15) is 48.8 Å². The van der Waals surface area contributed by atoms with Crippen molar-refractivity contribution in [3.63, 3.8) is 0 Å². The van der Waals surface area contributed by atoms with Gasteiger partial charge in [-0.2, -0.15) is 0 Å². The Morgan fingerprint density at radius 3 is 1.00 bits per heavy atom. The number of allylic oxidation sites excluding steroid dienone is 2. The summed E-state index contributed by atoms with van der Waals surface area (Å²) in [6.45, 7) is 2.94. The van der Waals surface area contributed by atoms with Crippen LogP contribution in [-0.4, -0.2) is 140 Å². The average Bonchev–Trinajstić information content (AvgIpc) is 0.801. The molecule has 0 spiro atoms. The first-order valence-corrected chi connectivity index (χ1v) is 41.4. The predicted octanol–water partition coefficient (Wildman–Crippen LogP) is 18.9. The fraction of sp³-hybridized carbons (Fsp3) is 0.963. The van der Waals surface area contributed by atoms with Crippen LogP contribution in [0.2, 0.25) is 0 Å². The van der Waals surface area contributed by atoms with Crippen LogP contribution < -0.4 is 5.32 Å². The maximum absolute atomic E-state index is 13.4. The minimum atomic E-state index is -1.78. The summed E-state index contributed by atoms with van der Waals surface area (Å²) < 4.78 is 23.0. The van der Waals surface area contributed by atoms with Crippen molar-refractivity contribution in [3.05, 3.63) is 12.2 Å². The molecule has 1 amide bonds. The third kappa shape index (κ3) is 49.1. The van der Waals surface area contributed by atoms with Crippen molar-refractivity contribution in [2.24, 2.45) is 0 Å². The molecule has 0 aromatic heterocycles. The molecule has 95 heavy (non-hydrogen) atoms. The Morgan fingerprint density at radius 1 is 0.368 bits per heavy atom. The molecule has 14 nitrogen and oxygen atoms in total. The van der Waals surface area contributed by atoms with Gasteiger partial charge in [-0.15, -0.1) is 0 Å². The van der Waals surface area contributed by atoms with Gasteiger partial charge in [0, 0.05) is 6.42 Å². The van der Waals surface area contributed by atoms with Crippen LogP contribution >= 0.6 is 0 Å². The number of ether oxygens (including phenoxy) is 4. The second kappa shape index (κ2) is 66.0. The highest BCUT2D eigenvalue weighted by atomic mass is 16.7. The molecule has 2 rings (SSSR count). The summed E-state index contributed by atoms with van der Waals surface area (Å²) in [6, 6.07) is -0.827. The Balaban J connectivity index is 1.59. The lowest BCUT2D eigenvalue weighted by molar-refractivity contribution is -0.359. The minimum Gasteiger partial charge on any atom is -0.394 e. The Bertz CT molecular complexity index is 1640. The van der Waals surface area contributed by atoms with E-state index in [2.05, 4.69) is 31.3 Å². The summed E-state index contributed by atoms with van der Waals surface area (Å²) in [6.07, 6.45) is 66.9. The van der Waals surface area contributed by atoms with Gasteiger partial charge in [0.25, 0.3) is 0 Å². The highest BCUT2D eigenvalue weighted by Crippen LogP contribution is 2.31. The number of hydrogen-bond donors (Lipinski definition) is 9. The molecule has 0 saturated carbocycles. The van der Waals surface area contributed by atoms with E-state index in [0.717, 1.165) is 51.4 Å². The fourth-order valence-corrected chi connectivity index (χ4v) is 14.2. The van der Waals surface area contributed by atoms with Crippen molar-refractivity contribution >= 4 is 5.91 Å². The predicted molar refractivity (Wildman–Crippen MR) is 392 cm³/mol. The summed E-state index contributed by atoms with van der Waals surface area (Å²) in [4.78, 5) is 13.4. The molecule has 2 heterocycles. The number of carbonyl (C=O) groups is 1. The van der Waals surface area contributed by atoms with Crippen LogP contribution in [0, 0.1) is 0 Å². The molecule has 12 unspecified atom stereocenters. The summed E-state index contributed by atoms with van der Waals surface area (Å²) in [7, 11) is 0. The van der Waals surface area contributed by atoms with Gasteiger partial charge < -0.3 is 65.1 Å². The lowest BCUT2D eigenvalue weighted by Crippen LogP contribution is -2.65. The van der Waals surface area contributed by atoms with Crippen LogP contribution in [0.25, 0.3) is 0 Å². The van der Waals surface area contributed by atoms with Gasteiger partial charge >= 0.3 is 0 Å². The Kier molecular flexibility index (Phi) is 62.4. The maximum atomic E-state index is 13.4. The lowest BCUT2D eigenvalue weighted by Gasteiger charge is -2.46. The Morgan fingerprint density at radius 2 is 0.663 bits per heavy atom. The normalized spacial score (nSPS) is 22.3. The Hall–Kier alpha value is -1.27. The molecule has 0 aromatic carbocycles. The van der Waals surface area contributed by atoms with E-state index in [1.54, 1.807) is 0 Å². The van der Waals surface area contributed by atoms with Crippen LogP contribution in [0.1, 0.15) is 406 Å². The smallest absolute Gasteiger partial charge is 0.220 e. The highest BCUT2D eigenvalue weighted by molar-refractivity contribution is 5.76. The van der Waals surface area contributed by atoms with Gasteiger partial charge in [0.2, 0.25) is 5.91 Å². The van der Waals surface area contributed by atoms with Crippen molar-refractivity contribution in [2.75, 3.05) is 19.8 Å². The number of nitrogens with one attached hydrogen (secondary N) is 1. The van der Waals surface area contributed by atoms with Crippen LogP contribution in [0.15, 0.2) is 12.2 Å². The minimum absolute atomic E-state index is 0.196. The van der Waals surface area contributed by atoms with E-state index in [-0.39, 0.29) is 12.5 Å². The van der Waals surface area contributed by atoms with Gasteiger partial charge in [-0.1, -0.05) is 373 Å². The van der Waals surface area contributed by atoms with Gasteiger partial charge in [-0.25, -0.2) is 0 Å². The van der Waals surface area contributed by atoms with Gasteiger partial charge in [-0.05, 0) is 38.5 Å². The molecule has 0 aromatic rings. The molecular formula is C81H157NO13. The van der Waals surface area contributed by atoms with E-state index >= 15 is 0 Å². The third-order valence-corrected chi connectivity index (χ3v) is 20.7. The number of amides is 1. The number of hydrogen-bond acceptors (Lipinski definition) is 13. The molecule has 2 aliphatic heterocycles. The summed E-state index contributed by atoms with van der Waals surface area (Å²) in [5, 5.41) is 87.9. The standard InChI is InChI=1S/C81H157NO13/c1-3-5-7-9-11-13-15-17-19-21-23-25-27-29-31-33-35-37-39-41-43-45-47-49-51-53-55-57-59-61-63-65-73(86)82-69(68-92-80-78(91)76(89)79(72(67-84)94-80)95-81-77(90)75(88)74(87)71(66-83)93-81)70(85)64-62-60-58-56-54-52-50-48-46-44-42-40-38-36-34-32-30-28-26-24-22-20-18-16-14-12-10-8-6-4-2/h21,23,69-72,74-81,83-85,87-91H,3-20,22,24-68H2,1-2H3,(H,82,86)/b23-21-. The molecular weight excluding hydrogens is 1190 g/mol. The molecule has 2 saturated heterocycles. The number of carbonyl (C=O) groups excluding carboxylic acids is 1. The van der Waals surface area contributed by atoms with Crippen molar-refractivity contribution < 1.29 is 64.6 Å². The molecule has 14 heteroatoms. The second-order valence-electron chi connectivity index (χ2n) is 29.6. The topological polar surface area (TPSA) is 228 Å². The molecule has 0 aliphatic carbocycles. The molecule has 0 bridgehead atoms. The number of aliphatic hydroxyl groups excluding tert-OH is 8. The first kappa shape index (κ1) is 89.8. The molecule has 12 atom stereocenters. The van der Waals surface area contributed by atoms with Crippen molar-refractivity contribution in [3.8, 4) is 0 Å². The first-order chi connectivity index (χ1) is 46.6. The number of unbranched alkanes of at least 4 members (excludes halogenated alkanes) is 56. The zero-order valence-corrected chi connectivity index (χ0v) is 62.0. The van der Waals surface area contributed by atoms with Gasteiger partial charge in [0.15, 0.2) is 12.6 Å². The number of rotatable bonds is 71. The largest absolute Gasteiger partial charge is 0.394 e. The van der Waals surface area contributed by atoms with E-state index in [1.165, 1.54) is 327 Å². The first-order valence-electron chi connectivity index (χ1n) is 41.4. The lowest BCUT2D eigenvalue weighted by atomic mass is 9.97. The molecule has 0 radical (unpaired) electrons. The number of aliphatic hydroxyl groups is 8. The van der Waals surface area contributed by atoms with Crippen molar-refractivity contribution in [1.82, 2.24) is 5.32 Å². The van der Waals surface area contributed by atoms with Crippen molar-refractivity contribution in [1.29, 1.82) is 0 Å². The van der Waals surface area contributed by atoms with E-state index < -0.39 is 86.8 Å². The average molecular weight is 1350 g/mol. The van der Waals surface area contributed by atoms with Crippen LogP contribution in [0.3, 0.4) is 0 Å². The van der Waals surface area contributed by atoms with E-state index in [4.69, 9.17) is 18.9 Å². The fourth-order valence-electron chi connectivity index (χ4n) is 14.2. The van der Waals surface area contributed by atoms with Crippen LogP contribution in [-0.2, 0) is 23.7 Å². The summed E-state index contributed by atoms with van der Waals surface area (Å²) in [5.41, 5.74) is 0. The zero-order chi connectivity index (χ0) is 68.7. The van der Waals surface area contributed by atoms with Gasteiger partial charge in [-0.3, -0.25) is 4.79 Å².